The number of hydrogen-bond donors (Lipinski definition) is 2. The number of aliphatic hydroxyl groups is 1. The van der Waals surface area contributed by atoms with Gasteiger partial charge in [-0.05, 0) is 38.9 Å². The van der Waals surface area contributed by atoms with E-state index < -0.39 is 26.1 Å². The lowest BCUT2D eigenvalue weighted by molar-refractivity contribution is 0.0357. The molecule has 0 aromatic carbocycles. The van der Waals surface area contributed by atoms with Gasteiger partial charge in [-0.1, -0.05) is 20.8 Å². The zero-order chi connectivity index (χ0) is 16.4. The van der Waals surface area contributed by atoms with Crippen LogP contribution in [0.25, 0.3) is 0 Å². The van der Waals surface area contributed by atoms with Gasteiger partial charge >= 0.3 is 6.09 Å². The average molecular weight is 305 g/mol. The van der Waals surface area contributed by atoms with E-state index in [2.05, 4.69) is 33.9 Å². The minimum atomic E-state index is -2.03. The van der Waals surface area contributed by atoms with Crippen LogP contribution in [0.4, 0.5) is 4.79 Å². The van der Waals surface area contributed by atoms with Crippen molar-refractivity contribution in [2.75, 3.05) is 13.2 Å². The van der Waals surface area contributed by atoms with Gasteiger partial charge in [0.05, 0.1) is 19.3 Å². The van der Waals surface area contributed by atoms with Crippen LogP contribution in [0.5, 0.6) is 0 Å². The maximum atomic E-state index is 11.4. The lowest BCUT2D eigenvalue weighted by atomic mass is 10.1. The molecule has 0 saturated heterocycles. The summed E-state index contributed by atoms with van der Waals surface area (Å²) in [5.41, 5.74) is -0.518. The Balaban J connectivity index is 4.99. The summed E-state index contributed by atoms with van der Waals surface area (Å²) in [6.45, 7) is 16.1. The van der Waals surface area contributed by atoms with Crippen LogP contribution in [0.1, 0.15) is 41.5 Å². The maximum Gasteiger partial charge on any atom is 0.407 e. The van der Waals surface area contributed by atoms with Crippen molar-refractivity contribution >= 4 is 14.4 Å². The smallest absolute Gasteiger partial charge is 0.407 e. The molecule has 0 aliphatic rings. The molecule has 0 saturated carbocycles. The van der Waals surface area contributed by atoms with Gasteiger partial charge in [0.1, 0.15) is 0 Å². The third kappa shape index (κ3) is 5.42. The molecule has 6 heteroatoms. The Bertz CT molecular complexity index is 331. The van der Waals surface area contributed by atoms with Gasteiger partial charge in [0.25, 0.3) is 0 Å². The topological polar surface area (TPSA) is 70.0 Å². The second-order valence-electron chi connectivity index (χ2n) is 7.75. The average Bonchev–Trinajstić information content (AvgIpc) is 2.19. The highest BCUT2D eigenvalue weighted by atomic mass is 28.4. The van der Waals surface area contributed by atoms with Crippen molar-refractivity contribution in [2.45, 2.75) is 71.3 Å². The molecule has 0 radical (unpaired) electrons. The fourth-order valence-electron chi connectivity index (χ4n) is 1.57. The number of rotatable bonds is 5. The zero-order valence-electron chi connectivity index (χ0n) is 14.1. The molecule has 0 bridgehead atoms. The fourth-order valence-corrected chi connectivity index (χ4v) is 2.90. The third-order valence-corrected chi connectivity index (χ3v) is 8.43. The number of carboxylic acid groups (broad SMARTS) is 1. The molecule has 5 nitrogen and oxygen atoms in total. The minimum absolute atomic E-state index is 0.0240. The second kappa shape index (κ2) is 6.45. The molecule has 1 atom stereocenters. The van der Waals surface area contributed by atoms with Crippen molar-refractivity contribution in [3.8, 4) is 0 Å². The number of aliphatic hydroxyl groups excluding tert-OH is 1. The number of amides is 1. The van der Waals surface area contributed by atoms with Crippen molar-refractivity contribution in [3.63, 3.8) is 0 Å². The number of carbonyl (C=O) groups is 1. The Morgan fingerprint density at radius 3 is 1.90 bits per heavy atom. The maximum absolute atomic E-state index is 11.4. The molecule has 0 aliphatic carbocycles. The van der Waals surface area contributed by atoms with Crippen LogP contribution in [0.2, 0.25) is 18.1 Å². The first-order chi connectivity index (χ1) is 8.72. The van der Waals surface area contributed by atoms with Crippen molar-refractivity contribution in [2.24, 2.45) is 0 Å². The Labute approximate surface area is 124 Å². The standard InChI is InChI=1S/C14H31NO4Si/c1-13(2,3)15(12(17)18)9-11(10-16)19-20(7,8)14(4,5)6/h11,16H,9-10H2,1-8H3,(H,17,18)/t11-/m0/s1. The van der Waals surface area contributed by atoms with Gasteiger partial charge in [0, 0.05) is 5.54 Å². The zero-order valence-corrected chi connectivity index (χ0v) is 15.1. The summed E-state index contributed by atoms with van der Waals surface area (Å²) in [5, 5.41) is 18.9. The summed E-state index contributed by atoms with van der Waals surface area (Å²) in [6.07, 6.45) is -1.47. The van der Waals surface area contributed by atoms with E-state index in [0.29, 0.717) is 0 Å². The summed E-state index contributed by atoms with van der Waals surface area (Å²) in [5.74, 6) is 0. The van der Waals surface area contributed by atoms with Gasteiger partial charge in [-0.3, -0.25) is 0 Å². The summed E-state index contributed by atoms with van der Waals surface area (Å²) >= 11 is 0. The molecule has 0 unspecified atom stereocenters. The molecular formula is C14H31NO4Si. The lowest BCUT2D eigenvalue weighted by Gasteiger charge is -2.41. The quantitative estimate of drug-likeness (QED) is 0.766. The molecule has 1 amide bonds. The van der Waals surface area contributed by atoms with Crippen molar-refractivity contribution < 1.29 is 19.4 Å². The van der Waals surface area contributed by atoms with E-state index in [-0.39, 0.29) is 18.2 Å². The molecule has 120 valence electrons. The van der Waals surface area contributed by atoms with Crippen LogP contribution in [0.15, 0.2) is 0 Å². The van der Waals surface area contributed by atoms with E-state index in [1.807, 2.05) is 20.8 Å². The molecule has 0 spiro atoms. The first kappa shape index (κ1) is 19.4. The van der Waals surface area contributed by atoms with Crippen LogP contribution in [0.3, 0.4) is 0 Å². The first-order valence-electron chi connectivity index (χ1n) is 7.01. The van der Waals surface area contributed by atoms with Crippen LogP contribution >= 0.6 is 0 Å². The first-order valence-corrected chi connectivity index (χ1v) is 9.92. The summed E-state index contributed by atoms with van der Waals surface area (Å²) in [4.78, 5) is 12.7. The lowest BCUT2D eigenvalue weighted by Crippen LogP contribution is -2.53. The van der Waals surface area contributed by atoms with Crippen LogP contribution < -0.4 is 0 Å². The Kier molecular flexibility index (Phi) is 6.26. The van der Waals surface area contributed by atoms with E-state index in [1.54, 1.807) is 0 Å². The highest BCUT2D eigenvalue weighted by molar-refractivity contribution is 6.74. The second-order valence-corrected chi connectivity index (χ2v) is 12.5. The van der Waals surface area contributed by atoms with Crippen molar-refractivity contribution in [3.05, 3.63) is 0 Å². The predicted molar refractivity (Wildman–Crippen MR) is 83.6 cm³/mol. The van der Waals surface area contributed by atoms with E-state index in [1.165, 1.54) is 4.90 Å². The van der Waals surface area contributed by atoms with Gasteiger partial charge in [-0.2, -0.15) is 0 Å². The normalized spacial score (nSPS) is 15.1. The molecule has 2 N–H and O–H groups in total. The summed E-state index contributed by atoms with van der Waals surface area (Å²) < 4.78 is 6.11. The summed E-state index contributed by atoms with van der Waals surface area (Å²) in [6, 6.07) is 0. The van der Waals surface area contributed by atoms with E-state index in [9.17, 15) is 15.0 Å². The van der Waals surface area contributed by atoms with Crippen LogP contribution in [-0.2, 0) is 4.43 Å². The monoisotopic (exact) mass is 305 g/mol. The van der Waals surface area contributed by atoms with Crippen LogP contribution in [-0.4, -0.2) is 54.3 Å². The van der Waals surface area contributed by atoms with Gasteiger partial charge in [0.2, 0.25) is 0 Å². The van der Waals surface area contributed by atoms with Crippen molar-refractivity contribution in [1.29, 1.82) is 0 Å². The molecule has 0 fully saturated rings. The third-order valence-electron chi connectivity index (χ3n) is 3.90. The fraction of sp³-hybridized carbons (Fsp3) is 0.929. The number of nitrogens with zero attached hydrogens (tertiary/aromatic N) is 1. The van der Waals surface area contributed by atoms with E-state index >= 15 is 0 Å². The Hall–Kier alpha value is -0.593. The minimum Gasteiger partial charge on any atom is -0.465 e. The van der Waals surface area contributed by atoms with Gasteiger partial charge in [-0.15, -0.1) is 0 Å². The van der Waals surface area contributed by atoms with Gasteiger partial charge < -0.3 is 19.5 Å². The highest BCUT2D eigenvalue weighted by Gasteiger charge is 2.40. The van der Waals surface area contributed by atoms with Gasteiger partial charge in [0.15, 0.2) is 8.32 Å². The molecule has 0 heterocycles. The SMILES string of the molecule is CC(C)(C)N(C[C@@H](CO)O[Si](C)(C)C(C)(C)C)C(=O)O. The molecule has 0 aromatic heterocycles. The highest BCUT2D eigenvalue weighted by Crippen LogP contribution is 2.37. The molecule has 0 aromatic rings. The van der Waals surface area contributed by atoms with E-state index in [0.717, 1.165) is 0 Å². The Morgan fingerprint density at radius 1 is 1.20 bits per heavy atom. The largest absolute Gasteiger partial charge is 0.465 e. The number of hydrogen-bond acceptors (Lipinski definition) is 3. The Morgan fingerprint density at radius 2 is 1.65 bits per heavy atom. The van der Waals surface area contributed by atoms with Crippen LogP contribution in [0, 0.1) is 0 Å². The molecule has 0 aliphatic heterocycles. The van der Waals surface area contributed by atoms with Crippen molar-refractivity contribution in [1.82, 2.24) is 4.90 Å². The van der Waals surface area contributed by atoms with Gasteiger partial charge in [-0.25, -0.2) is 4.79 Å². The van der Waals surface area contributed by atoms with E-state index in [4.69, 9.17) is 4.43 Å². The predicted octanol–water partition coefficient (Wildman–Crippen LogP) is 3.15. The molecular weight excluding hydrogens is 274 g/mol. The summed E-state index contributed by atoms with van der Waals surface area (Å²) in [7, 11) is -2.03. The molecule has 20 heavy (non-hydrogen) atoms. The molecule has 0 rings (SSSR count).